The maximum atomic E-state index is 12.6. The van der Waals surface area contributed by atoms with Gasteiger partial charge in [-0.1, -0.05) is 54.6 Å². The summed E-state index contributed by atoms with van der Waals surface area (Å²) in [5.41, 5.74) is 11.9. The summed E-state index contributed by atoms with van der Waals surface area (Å²) in [4.78, 5) is 13.6. The number of nitrogens with two attached hydrogens (primary N) is 1. The number of hydrogen-bond donors (Lipinski definition) is 1. The molecule has 0 fully saturated rings. The van der Waals surface area contributed by atoms with E-state index in [0.29, 0.717) is 5.71 Å². The van der Waals surface area contributed by atoms with Crippen LogP contribution in [0.3, 0.4) is 0 Å². The lowest BCUT2D eigenvalue weighted by molar-refractivity contribution is -0.111. The molecule has 33 heavy (non-hydrogen) atoms. The van der Waals surface area contributed by atoms with Crippen molar-refractivity contribution in [3.8, 4) is 0 Å². The molecule has 164 valence electrons. The van der Waals surface area contributed by atoms with E-state index in [1.54, 1.807) is 0 Å². The number of primary amides is 1. The summed E-state index contributed by atoms with van der Waals surface area (Å²) < 4.78 is 4.61. The second-order valence-corrected chi connectivity index (χ2v) is 9.27. The quantitative estimate of drug-likeness (QED) is 0.259. The summed E-state index contributed by atoms with van der Waals surface area (Å²) in [5, 5.41) is 4.86. The predicted octanol–water partition coefficient (Wildman–Crippen LogP) is 6.78. The molecule has 1 aliphatic carbocycles. The van der Waals surface area contributed by atoms with Crippen LogP contribution in [0.2, 0.25) is 0 Å². The Kier molecular flexibility index (Phi) is 5.73. The average molecular weight is 471 g/mol. The number of carbonyl (C=O) groups excluding carboxylic acids is 1. The van der Waals surface area contributed by atoms with E-state index >= 15 is 0 Å². The molecule has 0 saturated heterocycles. The molecule has 1 amide bonds. The minimum absolute atomic E-state index is 0. The Morgan fingerprint density at radius 3 is 2.58 bits per heavy atom. The van der Waals surface area contributed by atoms with Crippen molar-refractivity contribution in [1.82, 2.24) is 0 Å². The predicted molar refractivity (Wildman–Crippen MR) is 142 cm³/mol. The molecule has 1 aliphatic heterocycles. The molecule has 0 aromatic heterocycles. The van der Waals surface area contributed by atoms with Gasteiger partial charge in [0.1, 0.15) is 5.71 Å². The fourth-order valence-corrected chi connectivity index (χ4v) is 5.85. The number of rotatable bonds is 2. The number of aryl methyl sites for hydroxylation is 2. The number of benzene rings is 4. The first-order valence-corrected chi connectivity index (χ1v) is 11.8. The maximum absolute atomic E-state index is 12.6. The minimum Gasteiger partial charge on any atom is -0.364 e. The summed E-state index contributed by atoms with van der Waals surface area (Å²) in [5.74, 6) is -0.498. The van der Waals surface area contributed by atoms with Gasteiger partial charge in [-0.25, -0.2) is 4.40 Å². The smallest absolute Gasteiger partial charge is 0.268 e. The van der Waals surface area contributed by atoms with E-state index in [4.69, 9.17) is 5.73 Å². The number of halogens is 1. The molecule has 0 atom stereocenters. The Bertz CT molecular complexity index is 1490. The number of amides is 1. The van der Waals surface area contributed by atoms with Gasteiger partial charge in [0.05, 0.1) is 0 Å². The highest BCUT2D eigenvalue weighted by atomic mass is 35.5. The third-order valence-corrected chi connectivity index (χ3v) is 7.43. The Hall–Kier alpha value is -3.08. The van der Waals surface area contributed by atoms with E-state index < -0.39 is 5.91 Å². The van der Waals surface area contributed by atoms with Gasteiger partial charge in [0, 0.05) is 22.4 Å². The van der Waals surface area contributed by atoms with E-state index in [9.17, 15) is 4.79 Å². The van der Waals surface area contributed by atoms with Crippen molar-refractivity contribution < 1.29 is 4.79 Å². The highest BCUT2D eigenvalue weighted by molar-refractivity contribution is 7.98. The third-order valence-electron chi connectivity index (χ3n) is 6.59. The number of carbonyl (C=O) groups is 1. The van der Waals surface area contributed by atoms with E-state index in [1.165, 1.54) is 52.1 Å². The minimum atomic E-state index is -0.498. The van der Waals surface area contributed by atoms with Crippen LogP contribution < -0.4 is 5.73 Å². The standard InChI is InChI=1S/C28H22N2OS.ClH/c29-28(31)27-24(16-19-9-3-6-12-25(19)32-30-27)23-15-18-8-2-4-10-20(18)22-14-13-17-7-1-5-11-21(17)26(22)23;/h2-4,6,8-10,12-16H,1,5,7,11H2,(H2,29,31);1H. The zero-order valence-corrected chi connectivity index (χ0v) is 19.6. The average Bonchev–Trinajstić information content (AvgIpc) is 3.03. The highest BCUT2D eigenvalue weighted by Crippen LogP contribution is 2.41. The fourth-order valence-electron chi connectivity index (χ4n) is 5.10. The van der Waals surface area contributed by atoms with Crippen LogP contribution in [0.25, 0.3) is 33.2 Å². The third kappa shape index (κ3) is 3.64. The van der Waals surface area contributed by atoms with Crippen molar-refractivity contribution in [3.63, 3.8) is 0 Å². The largest absolute Gasteiger partial charge is 0.364 e. The molecule has 0 spiro atoms. The molecule has 3 nitrogen and oxygen atoms in total. The Morgan fingerprint density at radius 2 is 1.70 bits per heavy atom. The normalized spacial score (nSPS) is 15.0. The van der Waals surface area contributed by atoms with Gasteiger partial charge in [0.15, 0.2) is 0 Å². The molecule has 5 heteroatoms. The first-order chi connectivity index (χ1) is 15.7. The lowest BCUT2D eigenvalue weighted by atomic mass is 9.82. The number of hydrogen-bond acceptors (Lipinski definition) is 3. The highest BCUT2D eigenvalue weighted by Gasteiger charge is 2.24. The van der Waals surface area contributed by atoms with Crippen molar-refractivity contribution in [1.29, 1.82) is 0 Å². The molecule has 6 rings (SSSR count). The Labute approximate surface area is 203 Å². The van der Waals surface area contributed by atoms with Crippen molar-refractivity contribution in [2.75, 3.05) is 0 Å². The lowest BCUT2D eigenvalue weighted by Gasteiger charge is -2.22. The molecule has 2 N–H and O–H groups in total. The van der Waals surface area contributed by atoms with Gasteiger partial charge < -0.3 is 5.73 Å². The Morgan fingerprint density at radius 1 is 0.909 bits per heavy atom. The molecule has 1 heterocycles. The van der Waals surface area contributed by atoms with E-state index in [0.717, 1.165) is 39.8 Å². The van der Waals surface area contributed by atoms with Crippen molar-refractivity contribution >= 4 is 69.2 Å². The molecule has 4 aromatic rings. The summed E-state index contributed by atoms with van der Waals surface area (Å²) in [6.45, 7) is 0. The van der Waals surface area contributed by atoms with Gasteiger partial charge in [-0.05, 0) is 87.7 Å². The molecule has 0 bridgehead atoms. The topological polar surface area (TPSA) is 55.5 Å². The second-order valence-electron chi connectivity index (χ2n) is 8.47. The van der Waals surface area contributed by atoms with Crippen molar-refractivity contribution in [2.24, 2.45) is 10.1 Å². The van der Waals surface area contributed by atoms with Crippen LogP contribution in [0.1, 0.15) is 35.1 Å². The van der Waals surface area contributed by atoms with Crippen molar-refractivity contribution in [3.05, 3.63) is 89.0 Å². The van der Waals surface area contributed by atoms with Gasteiger partial charge in [-0.2, -0.15) is 0 Å². The number of fused-ring (bicyclic) bond motifs is 6. The van der Waals surface area contributed by atoms with Crippen LogP contribution in [0.5, 0.6) is 0 Å². The van der Waals surface area contributed by atoms with Crippen LogP contribution in [-0.2, 0) is 17.6 Å². The molecular weight excluding hydrogens is 448 g/mol. The fraction of sp³-hybridized carbons (Fsp3) is 0.143. The lowest BCUT2D eigenvalue weighted by Crippen LogP contribution is -2.24. The zero-order chi connectivity index (χ0) is 21.7. The molecular formula is C28H23ClN2OS. The summed E-state index contributed by atoms with van der Waals surface area (Å²) >= 11 is 1.32. The maximum Gasteiger partial charge on any atom is 0.268 e. The van der Waals surface area contributed by atoms with Crippen LogP contribution in [-0.4, -0.2) is 11.6 Å². The SMILES string of the molecule is Cl.NC(=O)C1=NSc2ccccc2C=C1c1cc2ccccc2c2ccc3c(c12)CCCC3. The molecule has 2 aliphatic rings. The molecule has 0 unspecified atom stereocenters. The Balaban J connectivity index is 0.00000228. The van der Waals surface area contributed by atoms with Gasteiger partial charge in [0.25, 0.3) is 5.91 Å². The van der Waals surface area contributed by atoms with Gasteiger partial charge in [-0.15, -0.1) is 12.4 Å². The van der Waals surface area contributed by atoms with E-state index in [2.05, 4.69) is 59.0 Å². The molecule has 0 radical (unpaired) electrons. The van der Waals surface area contributed by atoms with E-state index in [-0.39, 0.29) is 12.4 Å². The first kappa shape index (κ1) is 21.7. The molecule has 0 saturated carbocycles. The number of nitrogens with zero attached hydrogens (tertiary/aromatic N) is 1. The first-order valence-electron chi connectivity index (χ1n) is 11.0. The summed E-state index contributed by atoms with van der Waals surface area (Å²) in [7, 11) is 0. The second kappa shape index (κ2) is 8.69. The van der Waals surface area contributed by atoms with Crippen LogP contribution >= 0.6 is 24.4 Å². The van der Waals surface area contributed by atoms with Crippen molar-refractivity contribution in [2.45, 2.75) is 30.6 Å². The van der Waals surface area contributed by atoms with Crippen LogP contribution in [0, 0.1) is 0 Å². The van der Waals surface area contributed by atoms with Crippen LogP contribution in [0.15, 0.2) is 76.0 Å². The van der Waals surface area contributed by atoms with Crippen LogP contribution in [0.4, 0.5) is 0 Å². The van der Waals surface area contributed by atoms with E-state index in [1.807, 2.05) is 18.2 Å². The van der Waals surface area contributed by atoms with Gasteiger partial charge in [0.2, 0.25) is 0 Å². The summed E-state index contributed by atoms with van der Waals surface area (Å²) in [6.07, 6.45) is 6.66. The summed E-state index contributed by atoms with van der Waals surface area (Å²) in [6, 6.07) is 23.4. The molecule has 4 aromatic carbocycles. The van der Waals surface area contributed by atoms with Gasteiger partial charge >= 0.3 is 0 Å². The zero-order valence-electron chi connectivity index (χ0n) is 18.0. The van der Waals surface area contributed by atoms with Gasteiger partial charge in [-0.3, -0.25) is 4.79 Å². The monoisotopic (exact) mass is 470 g/mol.